The van der Waals surface area contributed by atoms with Crippen LogP contribution in [0, 0.1) is 0 Å². The van der Waals surface area contributed by atoms with E-state index in [1.54, 1.807) is 44.2 Å². The molecule has 0 amide bonds. The topological polar surface area (TPSA) is 173 Å². The number of benzene rings is 1. The van der Waals surface area contributed by atoms with Gasteiger partial charge in [-0.05, 0) is 32.9 Å². The molecule has 2 aromatic heterocycles. The molecule has 3 aromatic rings. The van der Waals surface area contributed by atoms with Crippen LogP contribution < -0.4 is 15.3 Å². The second kappa shape index (κ2) is 11.1. The Kier molecular flexibility index (Phi) is 8.05. The number of aliphatic hydroxyl groups is 1. The number of nitrogens with zero attached hydrogens (tertiary/aromatic N) is 4. The van der Waals surface area contributed by atoms with Gasteiger partial charge in [0, 0.05) is 0 Å². The average molecular weight is 538 g/mol. The van der Waals surface area contributed by atoms with Crippen molar-refractivity contribution in [3.63, 3.8) is 0 Å². The lowest BCUT2D eigenvalue weighted by molar-refractivity contribution is -0.149. The lowest BCUT2D eigenvalue weighted by atomic mass is 10.1. The van der Waals surface area contributed by atoms with Crippen molar-refractivity contribution in [2.75, 3.05) is 12.3 Å². The van der Waals surface area contributed by atoms with Crippen LogP contribution in [0.1, 0.15) is 27.0 Å². The highest BCUT2D eigenvalue weighted by atomic mass is 31.2. The van der Waals surface area contributed by atoms with E-state index >= 15 is 4.39 Å². The fraction of sp³-hybridized carbons (Fsp3) is 0.455. The molecule has 6 atom stereocenters. The quantitative estimate of drug-likeness (QED) is 0.254. The van der Waals surface area contributed by atoms with E-state index in [0.29, 0.717) is 0 Å². The number of hydrogen-bond acceptors (Lipinski definition) is 11. The Labute approximate surface area is 211 Å². The largest absolute Gasteiger partial charge is 0.462 e. The lowest BCUT2D eigenvalue weighted by Gasteiger charge is -2.25. The Bertz CT molecular complexity index is 1280. The summed E-state index contributed by atoms with van der Waals surface area (Å²) in [5, 5.41) is 13.0. The summed E-state index contributed by atoms with van der Waals surface area (Å²) in [6, 6.07) is 7.06. The van der Waals surface area contributed by atoms with E-state index in [0.717, 1.165) is 0 Å². The summed E-state index contributed by atoms with van der Waals surface area (Å²) >= 11 is 0. The number of nitrogens with one attached hydrogen (secondary N) is 1. The summed E-state index contributed by atoms with van der Waals surface area (Å²) in [4.78, 5) is 24.3. The minimum Gasteiger partial charge on any atom is -0.462 e. The van der Waals surface area contributed by atoms with Gasteiger partial charge in [-0.2, -0.15) is 5.09 Å². The average Bonchev–Trinajstić information content (AvgIpc) is 3.40. The molecule has 0 bridgehead atoms. The van der Waals surface area contributed by atoms with Gasteiger partial charge >= 0.3 is 13.7 Å². The number of anilines is 1. The Balaban J connectivity index is 1.50. The van der Waals surface area contributed by atoms with E-state index < -0.39 is 57.1 Å². The van der Waals surface area contributed by atoms with E-state index in [-0.39, 0.29) is 22.7 Å². The van der Waals surface area contributed by atoms with E-state index in [9.17, 15) is 14.5 Å². The smallest absolute Gasteiger partial charge is 0.459 e. The molecular formula is C22H28FN6O7P. The summed E-state index contributed by atoms with van der Waals surface area (Å²) in [5.41, 5.74) is 6.25. The zero-order valence-corrected chi connectivity index (χ0v) is 21.2. The van der Waals surface area contributed by atoms with E-state index in [1.165, 1.54) is 24.1 Å². The number of ether oxygens (including phenoxy) is 2. The summed E-state index contributed by atoms with van der Waals surface area (Å²) in [6.07, 6.45) is -4.03. The van der Waals surface area contributed by atoms with E-state index in [2.05, 4.69) is 20.0 Å². The fourth-order valence-electron chi connectivity index (χ4n) is 3.63. The van der Waals surface area contributed by atoms with Gasteiger partial charge in [0.2, 0.25) is 0 Å². The highest BCUT2D eigenvalue weighted by Gasteiger charge is 2.47. The highest BCUT2D eigenvalue weighted by molar-refractivity contribution is 7.52. The summed E-state index contributed by atoms with van der Waals surface area (Å²) in [7, 11) is -4.24. The molecule has 1 saturated heterocycles. The zero-order chi connectivity index (χ0) is 26.7. The van der Waals surface area contributed by atoms with E-state index in [4.69, 9.17) is 24.3 Å². The number of para-hydroxylation sites is 1. The standard InChI is InChI=1S/C22H28FN6O7P/c1-12(2)34-22(31)13(3)28-37(32,36-14-7-5-4-6-8-14)33-9-15-18(30)16(23)21(35-15)29-11-27-17-19(24)25-10-26-20(17)29/h4-8,10-13,15-16,18,21,30H,9H2,1-3H3,(H,28,32)(H2,24,25,26)/t13-,15+,16-,18+,21+,37-/m0/s1. The Morgan fingerprint density at radius 2 is 2.00 bits per heavy atom. The molecular weight excluding hydrogens is 510 g/mol. The van der Waals surface area contributed by atoms with Gasteiger partial charge in [-0.3, -0.25) is 13.9 Å². The van der Waals surface area contributed by atoms with Crippen molar-refractivity contribution in [3.8, 4) is 5.75 Å². The molecule has 1 aromatic carbocycles. The number of esters is 1. The first-order chi connectivity index (χ1) is 17.6. The van der Waals surface area contributed by atoms with Crippen molar-refractivity contribution in [2.24, 2.45) is 0 Å². The van der Waals surface area contributed by atoms with Gasteiger partial charge < -0.3 is 24.8 Å². The van der Waals surface area contributed by atoms with Crippen LogP contribution in [0.3, 0.4) is 0 Å². The number of carbonyl (C=O) groups excluding carboxylic acids is 1. The fourth-order valence-corrected chi connectivity index (χ4v) is 5.13. The Morgan fingerprint density at radius 3 is 2.70 bits per heavy atom. The first-order valence-corrected chi connectivity index (χ1v) is 13.0. The zero-order valence-electron chi connectivity index (χ0n) is 20.3. The molecule has 37 heavy (non-hydrogen) atoms. The van der Waals surface area contributed by atoms with Crippen molar-refractivity contribution >= 4 is 30.7 Å². The minimum atomic E-state index is -4.24. The van der Waals surface area contributed by atoms with Gasteiger partial charge in [0.1, 0.15) is 35.8 Å². The molecule has 1 aliphatic rings. The normalized spacial score (nSPS) is 24.2. The van der Waals surface area contributed by atoms with Gasteiger partial charge in [0.25, 0.3) is 0 Å². The summed E-state index contributed by atoms with van der Waals surface area (Å²) in [6.45, 7) is 4.24. The number of aliphatic hydroxyl groups excluding tert-OH is 1. The molecule has 1 fully saturated rings. The second-order valence-electron chi connectivity index (χ2n) is 8.62. The number of fused-ring (bicyclic) bond motifs is 1. The van der Waals surface area contributed by atoms with Gasteiger partial charge in [-0.25, -0.2) is 23.9 Å². The van der Waals surface area contributed by atoms with Crippen LogP contribution in [0.25, 0.3) is 11.2 Å². The number of halogens is 1. The maximum atomic E-state index is 15.1. The van der Waals surface area contributed by atoms with Crippen molar-refractivity contribution < 1.29 is 37.4 Å². The molecule has 15 heteroatoms. The third kappa shape index (κ3) is 6.05. The highest BCUT2D eigenvalue weighted by Crippen LogP contribution is 2.46. The predicted molar refractivity (Wildman–Crippen MR) is 129 cm³/mol. The first-order valence-electron chi connectivity index (χ1n) is 11.5. The van der Waals surface area contributed by atoms with Crippen molar-refractivity contribution in [2.45, 2.75) is 57.5 Å². The Morgan fingerprint density at radius 1 is 1.27 bits per heavy atom. The van der Waals surface area contributed by atoms with Crippen molar-refractivity contribution in [3.05, 3.63) is 43.0 Å². The molecule has 0 aliphatic carbocycles. The third-order valence-electron chi connectivity index (χ3n) is 5.39. The van der Waals surface area contributed by atoms with Crippen LogP contribution >= 0.6 is 7.75 Å². The number of alkyl halides is 1. The van der Waals surface area contributed by atoms with Crippen molar-refractivity contribution in [1.82, 2.24) is 24.6 Å². The number of hydrogen-bond donors (Lipinski definition) is 3. The van der Waals surface area contributed by atoms with Gasteiger partial charge in [-0.1, -0.05) is 18.2 Å². The molecule has 4 rings (SSSR count). The summed E-state index contributed by atoms with van der Waals surface area (Å²) < 4.78 is 51.9. The molecule has 0 saturated carbocycles. The summed E-state index contributed by atoms with van der Waals surface area (Å²) in [5.74, 6) is -0.378. The number of nitrogen functional groups attached to an aromatic ring is 1. The van der Waals surface area contributed by atoms with Gasteiger partial charge in [0.05, 0.1) is 19.0 Å². The second-order valence-corrected chi connectivity index (χ2v) is 10.3. The van der Waals surface area contributed by atoms with Crippen LogP contribution in [0.4, 0.5) is 10.2 Å². The first kappa shape index (κ1) is 26.9. The number of rotatable bonds is 10. The molecule has 1 aliphatic heterocycles. The van der Waals surface area contributed by atoms with Crippen LogP contribution in [-0.4, -0.2) is 67.7 Å². The molecule has 13 nitrogen and oxygen atoms in total. The molecule has 0 radical (unpaired) electrons. The lowest BCUT2D eigenvalue weighted by Crippen LogP contribution is -2.37. The number of carbonyl (C=O) groups is 1. The van der Waals surface area contributed by atoms with Crippen LogP contribution in [-0.2, 0) is 23.4 Å². The Hall–Kier alpha value is -3.16. The van der Waals surface area contributed by atoms with Crippen molar-refractivity contribution in [1.29, 1.82) is 0 Å². The molecule has 0 spiro atoms. The molecule has 200 valence electrons. The molecule has 4 N–H and O–H groups in total. The van der Waals surface area contributed by atoms with Crippen LogP contribution in [0.5, 0.6) is 5.75 Å². The SMILES string of the molecule is CC(C)OC(=O)[C@H](C)N[P@](=O)(OC[C@H]1O[C@@H](n2cnc3c(N)ncnc32)[C@@H](F)[C@@H]1O)Oc1ccccc1. The van der Waals surface area contributed by atoms with E-state index in [1.807, 2.05) is 0 Å². The minimum absolute atomic E-state index is 0.104. The van der Waals surface area contributed by atoms with Gasteiger partial charge in [-0.15, -0.1) is 0 Å². The monoisotopic (exact) mass is 538 g/mol. The van der Waals surface area contributed by atoms with Gasteiger partial charge in [0.15, 0.2) is 23.9 Å². The molecule has 3 heterocycles. The maximum Gasteiger partial charge on any atom is 0.459 e. The van der Waals surface area contributed by atoms with Crippen LogP contribution in [0.15, 0.2) is 43.0 Å². The van der Waals surface area contributed by atoms with Crippen LogP contribution in [0.2, 0.25) is 0 Å². The predicted octanol–water partition coefficient (Wildman–Crippen LogP) is 2.14. The maximum absolute atomic E-state index is 15.1. The number of nitrogens with two attached hydrogens (primary N) is 1. The molecule has 0 unspecified atom stereocenters. The third-order valence-corrected chi connectivity index (χ3v) is 7.03. The number of imidazole rings is 1. The number of aromatic nitrogens is 4.